The van der Waals surface area contributed by atoms with Crippen LogP contribution in [-0.2, 0) is 18.4 Å². The van der Waals surface area contributed by atoms with Crippen LogP contribution in [0.1, 0.15) is 341 Å². The minimum Gasteiger partial charge on any atom is -0.387 e. The summed E-state index contributed by atoms with van der Waals surface area (Å²) < 4.78 is 23.8. The first-order valence-corrected chi connectivity index (χ1v) is 35.4. The van der Waals surface area contributed by atoms with E-state index in [4.69, 9.17) is 9.05 Å². The maximum atomic E-state index is 13.0. The molecule has 8 nitrogen and oxygen atoms in total. The van der Waals surface area contributed by atoms with Crippen LogP contribution in [0.3, 0.4) is 0 Å². The van der Waals surface area contributed by atoms with E-state index in [2.05, 4.69) is 43.5 Å². The van der Waals surface area contributed by atoms with Crippen LogP contribution >= 0.6 is 7.82 Å². The van der Waals surface area contributed by atoms with E-state index in [1.807, 2.05) is 27.2 Å². The number of aliphatic hydroxyl groups is 1. The molecule has 0 bridgehead atoms. The number of rotatable bonds is 63. The molecule has 0 rings (SSSR count). The Labute approximate surface area is 480 Å². The third-order valence-corrected chi connectivity index (χ3v) is 16.6. The van der Waals surface area contributed by atoms with Crippen LogP contribution in [0.15, 0.2) is 36.5 Å². The van der Waals surface area contributed by atoms with Crippen LogP contribution < -0.4 is 5.32 Å². The molecule has 0 aliphatic rings. The Bertz CT molecular complexity index is 1350. The Hall–Kier alpha value is -1.28. The van der Waals surface area contributed by atoms with Gasteiger partial charge in [0, 0.05) is 6.42 Å². The molecular formula is C68H134N2O6P+. The molecule has 0 aliphatic carbocycles. The molecule has 0 aromatic heterocycles. The molecule has 456 valence electrons. The van der Waals surface area contributed by atoms with E-state index in [-0.39, 0.29) is 19.1 Å². The van der Waals surface area contributed by atoms with Crippen molar-refractivity contribution in [2.24, 2.45) is 0 Å². The van der Waals surface area contributed by atoms with Crippen molar-refractivity contribution in [1.82, 2.24) is 5.32 Å². The van der Waals surface area contributed by atoms with Crippen molar-refractivity contribution in [3.63, 3.8) is 0 Å². The Kier molecular flexibility index (Phi) is 58.4. The number of unbranched alkanes of at least 4 members (excludes halogenated alkanes) is 46. The Morgan fingerprint density at radius 1 is 0.429 bits per heavy atom. The second kappa shape index (κ2) is 59.3. The molecule has 0 aliphatic heterocycles. The van der Waals surface area contributed by atoms with E-state index in [0.29, 0.717) is 17.4 Å². The molecule has 1 amide bonds. The maximum Gasteiger partial charge on any atom is 0.472 e. The van der Waals surface area contributed by atoms with E-state index in [1.165, 1.54) is 283 Å². The van der Waals surface area contributed by atoms with Gasteiger partial charge in [-0.15, -0.1) is 0 Å². The highest BCUT2D eigenvalue weighted by Gasteiger charge is 2.28. The molecule has 3 atom stereocenters. The zero-order valence-corrected chi connectivity index (χ0v) is 53.1. The number of allylic oxidation sites excluding steroid dienone is 5. The monoisotopic (exact) mass is 1110 g/mol. The first kappa shape index (κ1) is 75.7. The summed E-state index contributed by atoms with van der Waals surface area (Å²) >= 11 is 0. The van der Waals surface area contributed by atoms with Gasteiger partial charge in [-0.2, -0.15) is 0 Å². The molecule has 77 heavy (non-hydrogen) atoms. The fraction of sp³-hybridized carbons (Fsp3) is 0.897. The van der Waals surface area contributed by atoms with Gasteiger partial charge >= 0.3 is 7.82 Å². The van der Waals surface area contributed by atoms with Crippen LogP contribution in [0.2, 0.25) is 0 Å². The van der Waals surface area contributed by atoms with Crippen molar-refractivity contribution in [1.29, 1.82) is 0 Å². The standard InChI is InChI=1S/C68H133N2O6P/c1-6-8-10-12-14-16-18-20-22-24-26-28-30-32-33-34-35-36-37-38-40-42-44-46-48-50-52-54-56-58-60-62-68(72)69-66(65-76-77(73,74)75-64-63-70(3,4)5)67(71)61-59-57-55-53-51-49-47-45-43-41-39-31-29-27-25-23-21-19-17-15-13-11-9-7-2/h24,26,51,53,59,61,66-67,71H,6-23,25,27-50,52,54-58,60,62-65H2,1-5H3,(H-,69,72,73,74)/p+1/b26-24-,53-51+,61-59+. The summed E-state index contributed by atoms with van der Waals surface area (Å²) in [6, 6.07) is -0.863. The van der Waals surface area contributed by atoms with Crippen molar-refractivity contribution in [2.45, 2.75) is 353 Å². The minimum atomic E-state index is -4.36. The largest absolute Gasteiger partial charge is 0.472 e. The Morgan fingerprint density at radius 2 is 0.714 bits per heavy atom. The number of phosphoric acid groups is 1. The van der Waals surface area contributed by atoms with E-state index in [1.54, 1.807) is 6.08 Å². The number of amides is 1. The van der Waals surface area contributed by atoms with Gasteiger partial charge in [-0.1, -0.05) is 314 Å². The minimum absolute atomic E-state index is 0.0580. The lowest BCUT2D eigenvalue weighted by atomic mass is 10.0. The van der Waals surface area contributed by atoms with E-state index in [0.717, 1.165) is 38.5 Å². The lowest BCUT2D eigenvalue weighted by Gasteiger charge is -2.25. The molecule has 9 heteroatoms. The number of phosphoric ester groups is 1. The van der Waals surface area contributed by atoms with Crippen molar-refractivity contribution in [3.05, 3.63) is 36.5 Å². The third-order valence-electron chi connectivity index (χ3n) is 15.6. The summed E-state index contributed by atoms with van der Waals surface area (Å²) in [4.78, 5) is 23.4. The van der Waals surface area contributed by atoms with Gasteiger partial charge in [-0.25, -0.2) is 4.57 Å². The fourth-order valence-electron chi connectivity index (χ4n) is 10.3. The number of hydrogen-bond acceptors (Lipinski definition) is 5. The summed E-state index contributed by atoms with van der Waals surface area (Å²) in [6.45, 7) is 4.85. The van der Waals surface area contributed by atoms with E-state index < -0.39 is 20.0 Å². The molecule has 0 radical (unpaired) electrons. The average molecular weight is 1110 g/mol. The Balaban J connectivity index is 4.08. The van der Waals surface area contributed by atoms with Crippen LogP contribution in [0, 0.1) is 0 Å². The van der Waals surface area contributed by atoms with Gasteiger partial charge in [-0.05, 0) is 57.8 Å². The number of hydrogen-bond donors (Lipinski definition) is 3. The molecule has 0 saturated heterocycles. The van der Waals surface area contributed by atoms with E-state index in [9.17, 15) is 19.4 Å². The van der Waals surface area contributed by atoms with Crippen molar-refractivity contribution < 1.29 is 32.9 Å². The normalized spacial score (nSPS) is 13.9. The quantitative estimate of drug-likeness (QED) is 0.0243. The first-order valence-electron chi connectivity index (χ1n) is 33.9. The number of nitrogens with zero attached hydrogens (tertiary/aromatic N) is 1. The van der Waals surface area contributed by atoms with E-state index >= 15 is 0 Å². The topological polar surface area (TPSA) is 105 Å². The second-order valence-electron chi connectivity index (χ2n) is 24.5. The molecule has 0 fully saturated rings. The second-order valence-corrected chi connectivity index (χ2v) is 26.0. The summed E-state index contributed by atoms with van der Waals surface area (Å²) in [6.07, 6.45) is 78.6. The smallest absolute Gasteiger partial charge is 0.387 e. The number of carbonyl (C=O) groups excluding carboxylic acids is 1. The fourth-order valence-corrected chi connectivity index (χ4v) is 11.0. The van der Waals surface area contributed by atoms with Gasteiger partial charge in [0.15, 0.2) is 0 Å². The molecule has 0 heterocycles. The van der Waals surface area contributed by atoms with Crippen molar-refractivity contribution in [2.75, 3.05) is 40.9 Å². The number of carbonyl (C=O) groups is 1. The first-order chi connectivity index (χ1) is 37.5. The number of aliphatic hydroxyl groups excluding tert-OH is 1. The Morgan fingerprint density at radius 3 is 1.04 bits per heavy atom. The predicted molar refractivity (Wildman–Crippen MR) is 337 cm³/mol. The summed E-state index contributed by atoms with van der Waals surface area (Å²) in [5, 5.41) is 14.0. The highest BCUT2D eigenvalue weighted by atomic mass is 31.2. The highest BCUT2D eigenvalue weighted by molar-refractivity contribution is 7.47. The van der Waals surface area contributed by atoms with Crippen LogP contribution in [-0.4, -0.2) is 73.4 Å². The van der Waals surface area contributed by atoms with Gasteiger partial charge in [0.25, 0.3) is 0 Å². The number of likely N-dealkylation sites (N-methyl/N-ethyl adjacent to an activating group) is 1. The van der Waals surface area contributed by atoms with Gasteiger partial charge in [-0.3, -0.25) is 13.8 Å². The van der Waals surface area contributed by atoms with Gasteiger partial charge < -0.3 is 19.8 Å². The molecule has 3 N–H and O–H groups in total. The predicted octanol–water partition coefficient (Wildman–Crippen LogP) is 21.3. The maximum absolute atomic E-state index is 13.0. The highest BCUT2D eigenvalue weighted by Crippen LogP contribution is 2.43. The SMILES string of the molecule is CCCCCCCCCC/C=C\CCCCCCCCCCCCCCCCCCCCCC(=O)NC(COP(=O)(O)OCC[N+](C)(C)C)C(O)/C=C/CC/C=C/CCCCCCCCCCCCCCCCCCCC. The van der Waals surface area contributed by atoms with Gasteiger partial charge in [0.1, 0.15) is 13.2 Å². The van der Waals surface area contributed by atoms with Gasteiger partial charge in [0.2, 0.25) is 5.91 Å². The number of nitrogens with one attached hydrogen (secondary N) is 1. The lowest BCUT2D eigenvalue weighted by Crippen LogP contribution is -2.45. The summed E-state index contributed by atoms with van der Waals surface area (Å²) in [5.74, 6) is -0.180. The van der Waals surface area contributed by atoms with Crippen LogP contribution in [0.4, 0.5) is 0 Å². The molecule has 0 aromatic carbocycles. The molecule has 3 unspecified atom stereocenters. The van der Waals surface area contributed by atoms with Crippen LogP contribution in [0.25, 0.3) is 0 Å². The zero-order valence-electron chi connectivity index (χ0n) is 52.2. The van der Waals surface area contributed by atoms with Gasteiger partial charge in [0.05, 0.1) is 39.9 Å². The molecule has 0 aromatic rings. The molecule has 0 saturated carbocycles. The van der Waals surface area contributed by atoms with Crippen molar-refractivity contribution >= 4 is 13.7 Å². The average Bonchev–Trinajstić information content (AvgIpc) is 3.39. The lowest BCUT2D eigenvalue weighted by molar-refractivity contribution is -0.870. The summed E-state index contributed by atoms with van der Waals surface area (Å²) in [5.41, 5.74) is 0. The molecular weight excluding hydrogens is 972 g/mol. The summed E-state index contributed by atoms with van der Waals surface area (Å²) in [7, 11) is 1.57. The zero-order chi connectivity index (χ0) is 56.3. The number of quaternary nitrogens is 1. The van der Waals surface area contributed by atoms with Crippen molar-refractivity contribution in [3.8, 4) is 0 Å². The van der Waals surface area contributed by atoms with Crippen LogP contribution in [0.5, 0.6) is 0 Å². The third kappa shape index (κ3) is 62.2. The molecule has 0 spiro atoms.